The molecule has 0 spiro atoms. The number of ether oxygens (including phenoxy) is 1. The third-order valence-corrected chi connectivity index (χ3v) is 5.84. The van der Waals surface area contributed by atoms with Crippen LogP contribution in [0, 0.1) is 27.7 Å². The Morgan fingerprint density at radius 1 is 0.852 bits per heavy atom. The van der Waals surface area contributed by atoms with E-state index in [9.17, 15) is 0 Å². The minimum absolute atomic E-state index is 0.303. The van der Waals surface area contributed by atoms with Gasteiger partial charge in [-0.05, 0) is 55.5 Å². The highest BCUT2D eigenvalue weighted by atomic mass is 16.5. The highest BCUT2D eigenvalue weighted by Crippen LogP contribution is 2.46. The molecule has 2 nitrogen and oxygen atoms in total. The van der Waals surface area contributed by atoms with E-state index >= 15 is 0 Å². The number of aryl methyl sites for hydroxylation is 1. The molecule has 4 rings (SSSR count). The predicted octanol–water partition coefficient (Wildman–Crippen LogP) is 6.06. The average molecular weight is 357 g/mol. The third kappa shape index (κ3) is 3.21. The molecule has 3 aromatic rings. The van der Waals surface area contributed by atoms with E-state index in [4.69, 9.17) is 4.74 Å². The maximum atomic E-state index is 6.18. The molecule has 0 fully saturated rings. The van der Waals surface area contributed by atoms with Gasteiger partial charge in [-0.1, -0.05) is 60.2 Å². The summed E-state index contributed by atoms with van der Waals surface area (Å²) < 4.78 is 6.18. The zero-order chi connectivity index (χ0) is 19.0. The zero-order valence-corrected chi connectivity index (χ0v) is 16.6. The van der Waals surface area contributed by atoms with Gasteiger partial charge in [0.1, 0.15) is 5.75 Å². The third-order valence-electron chi connectivity index (χ3n) is 5.84. The van der Waals surface area contributed by atoms with Gasteiger partial charge in [-0.2, -0.15) is 0 Å². The van der Waals surface area contributed by atoms with E-state index in [1.165, 1.54) is 44.6 Å². The van der Waals surface area contributed by atoms with Crippen LogP contribution < -0.4 is 10.1 Å². The Bertz CT molecular complexity index is 958. The van der Waals surface area contributed by atoms with E-state index in [1.54, 1.807) is 0 Å². The van der Waals surface area contributed by atoms with Crippen molar-refractivity contribution in [1.29, 1.82) is 0 Å². The van der Waals surface area contributed by atoms with Crippen molar-refractivity contribution in [2.75, 3.05) is 11.9 Å². The van der Waals surface area contributed by atoms with Gasteiger partial charge >= 0.3 is 0 Å². The van der Waals surface area contributed by atoms with Crippen LogP contribution in [0.2, 0.25) is 0 Å². The number of nitrogens with one attached hydrogen (secondary N) is 1. The average Bonchev–Trinajstić information content (AvgIpc) is 3.13. The second-order valence-corrected chi connectivity index (χ2v) is 7.61. The Morgan fingerprint density at radius 3 is 2.26 bits per heavy atom. The molecule has 1 aliphatic rings. The van der Waals surface area contributed by atoms with Crippen LogP contribution in [0.15, 0.2) is 54.6 Å². The van der Waals surface area contributed by atoms with Crippen molar-refractivity contribution < 1.29 is 4.74 Å². The molecule has 1 aliphatic heterocycles. The summed E-state index contributed by atoms with van der Waals surface area (Å²) in [6, 6.07) is 19.4. The van der Waals surface area contributed by atoms with Crippen molar-refractivity contribution in [2.45, 2.75) is 40.2 Å². The minimum Gasteiger partial charge on any atom is -0.492 e. The quantitative estimate of drug-likeness (QED) is 0.613. The SMILES string of the molecule is Cc1ccc(C2COc3c(C)c(C)c(NCc4ccccc4)c(C)c32)cc1. The lowest BCUT2D eigenvalue weighted by atomic mass is 9.86. The molecule has 0 aliphatic carbocycles. The molecular weight excluding hydrogens is 330 g/mol. The monoisotopic (exact) mass is 357 g/mol. The maximum Gasteiger partial charge on any atom is 0.126 e. The fraction of sp³-hybridized carbons (Fsp3) is 0.280. The molecule has 0 saturated heterocycles. The first kappa shape index (κ1) is 17.7. The number of hydrogen-bond acceptors (Lipinski definition) is 2. The summed E-state index contributed by atoms with van der Waals surface area (Å²) in [5, 5.41) is 3.69. The number of rotatable bonds is 4. The van der Waals surface area contributed by atoms with Crippen molar-refractivity contribution in [3.05, 3.63) is 93.5 Å². The molecule has 3 aromatic carbocycles. The molecule has 1 heterocycles. The molecule has 0 bridgehead atoms. The lowest BCUT2D eigenvalue weighted by Crippen LogP contribution is -2.08. The normalized spacial score (nSPS) is 15.3. The summed E-state index contributed by atoms with van der Waals surface area (Å²) in [6.07, 6.45) is 0. The lowest BCUT2D eigenvalue weighted by Gasteiger charge is -2.21. The van der Waals surface area contributed by atoms with Crippen LogP contribution in [-0.2, 0) is 6.54 Å². The molecule has 1 N–H and O–H groups in total. The second-order valence-electron chi connectivity index (χ2n) is 7.61. The first-order chi connectivity index (χ1) is 13.1. The van der Waals surface area contributed by atoms with E-state index in [0.717, 1.165) is 18.9 Å². The second kappa shape index (κ2) is 7.11. The molecule has 0 saturated carbocycles. The number of anilines is 1. The molecular formula is C25H27NO. The van der Waals surface area contributed by atoms with Crippen LogP contribution in [0.3, 0.4) is 0 Å². The Balaban J connectivity index is 1.73. The molecule has 2 heteroatoms. The molecule has 1 unspecified atom stereocenters. The van der Waals surface area contributed by atoms with Gasteiger partial charge in [-0.25, -0.2) is 0 Å². The van der Waals surface area contributed by atoms with Crippen LogP contribution >= 0.6 is 0 Å². The Morgan fingerprint density at radius 2 is 1.56 bits per heavy atom. The molecule has 0 radical (unpaired) electrons. The van der Waals surface area contributed by atoms with Crippen LogP contribution in [0.4, 0.5) is 5.69 Å². The number of fused-ring (bicyclic) bond motifs is 1. The van der Waals surface area contributed by atoms with Crippen LogP contribution in [-0.4, -0.2) is 6.61 Å². The molecule has 0 aromatic heterocycles. The summed E-state index contributed by atoms with van der Waals surface area (Å²) in [5.74, 6) is 1.39. The van der Waals surface area contributed by atoms with Crippen molar-refractivity contribution in [2.24, 2.45) is 0 Å². The molecule has 138 valence electrons. The predicted molar refractivity (Wildman–Crippen MR) is 113 cm³/mol. The van der Waals surface area contributed by atoms with Gasteiger partial charge in [0.25, 0.3) is 0 Å². The topological polar surface area (TPSA) is 21.3 Å². The van der Waals surface area contributed by atoms with Crippen molar-refractivity contribution >= 4 is 5.69 Å². The molecule has 27 heavy (non-hydrogen) atoms. The van der Waals surface area contributed by atoms with Gasteiger partial charge in [0.15, 0.2) is 0 Å². The van der Waals surface area contributed by atoms with Crippen LogP contribution in [0.1, 0.15) is 44.9 Å². The van der Waals surface area contributed by atoms with E-state index in [1.807, 2.05) is 0 Å². The lowest BCUT2D eigenvalue weighted by molar-refractivity contribution is 0.341. The van der Waals surface area contributed by atoms with Gasteiger partial charge < -0.3 is 10.1 Å². The van der Waals surface area contributed by atoms with Gasteiger partial charge in [-0.3, -0.25) is 0 Å². The fourth-order valence-corrected chi connectivity index (χ4v) is 4.11. The molecule has 1 atom stereocenters. The van der Waals surface area contributed by atoms with Gasteiger partial charge in [0.05, 0.1) is 6.61 Å². The highest BCUT2D eigenvalue weighted by Gasteiger charge is 2.31. The van der Waals surface area contributed by atoms with E-state index in [-0.39, 0.29) is 0 Å². The summed E-state index contributed by atoms with van der Waals surface area (Å²) in [7, 11) is 0. The fourth-order valence-electron chi connectivity index (χ4n) is 4.11. The van der Waals surface area contributed by atoms with Gasteiger partial charge in [-0.15, -0.1) is 0 Å². The first-order valence-corrected chi connectivity index (χ1v) is 9.67. The largest absolute Gasteiger partial charge is 0.492 e. The summed E-state index contributed by atoms with van der Waals surface area (Å²) in [5.41, 5.74) is 10.4. The van der Waals surface area contributed by atoms with Gasteiger partial charge in [0.2, 0.25) is 0 Å². The summed E-state index contributed by atoms with van der Waals surface area (Å²) >= 11 is 0. The number of benzene rings is 3. The molecule has 0 amide bonds. The smallest absolute Gasteiger partial charge is 0.126 e. The highest BCUT2D eigenvalue weighted by molar-refractivity contribution is 5.70. The summed E-state index contributed by atoms with van der Waals surface area (Å²) in [4.78, 5) is 0. The van der Waals surface area contributed by atoms with E-state index in [0.29, 0.717) is 5.92 Å². The Labute approximate surface area is 162 Å². The van der Waals surface area contributed by atoms with Crippen molar-refractivity contribution in [3.8, 4) is 5.75 Å². The van der Waals surface area contributed by atoms with Crippen molar-refractivity contribution in [1.82, 2.24) is 0 Å². The number of hydrogen-bond donors (Lipinski definition) is 1. The maximum absolute atomic E-state index is 6.18. The van der Waals surface area contributed by atoms with E-state index < -0.39 is 0 Å². The van der Waals surface area contributed by atoms with E-state index in [2.05, 4.69) is 87.6 Å². The summed E-state index contributed by atoms with van der Waals surface area (Å²) in [6.45, 7) is 10.3. The first-order valence-electron chi connectivity index (χ1n) is 9.67. The standard InChI is InChI=1S/C25H27NO/c1-16-10-12-21(13-11-16)22-15-27-25-18(3)17(2)24(19(4)23(22)25)26-14-20-8-6-5-7-9-20/h5-13,22,26H,14-15H2,1-4H3. The van der Waals surface area contributed by atoms with Crippen molar-refractivity contribution in [3.63, 3.8) is 0 Å². The van der Waals surface area contributed by atoms with Gasteiger partial charge in [0, 0.05) is 23.7 Å². The van der Waals surface area contributed by atoms with Crippen LogP contribution in [0.25, 0.3) is 0 Å². The minimum atomic E-state index is 0.303. The Kier molecular flexibility index (Phi) is 4.65. The zero-order valence-electron chi connectivity index (χ0n) is 16.6. The van der Waals surface area contributed by atoms with Crippen LogP contribution in [0.5, 0.6) is 5.75 Å². The Hall–Kier alpha value is -2.74.